The maximum atomic E-state index is 11.0. The summed E-state index contributed by atoms with van der Waals surface area (Å²) in [7, 11) is 0. The van der Waals surface area contributed by atoms with Gasteiger partial charge in [0.2, 0.25) is 5.91 Å². The summed E-state index contributed by atoms with van der Waals surface area (Å²) in [5.74, 6) is -1.69. The molecule has 0 saturated carbocycles. The van der Waals surface area contributed by atoms with Gasteiger partial charge in [-0.15, -0.1) is 0 Å². The Morgan fingerprint density at radius 1 is 1.54 bits per heavy atom. The number of aliphatic hydroxyl groups is 1. The van der Waals surface area contributed by atoms with Crippen LogP contribution in [-0.2, 0) is 9.59 Å². The second-order valence-electron chi connectivity index (χ2n) is 2.80. The van der Waals surface area contributed by atoms with E-state index in [2.05, 4.69) is 5.32 Å². The molecule has 13 heavy (non-hydrogen) atoms. The van der Waals surface area contributed by atoms with Crippen molar-refractivity contribution in [2.75, 3.05) is 6.54 Å². The lowest BCUT2D eigenvalue weighted by atomic mass is 10.2. The van der Waals surface area contributed by atoms with Crippen LogP contribution >= 0.6 is 0 Å². The lowest BCUT2D eigenvalue weighted by Gasteiger charge is -2.10. The van der Waals surface area contributed by atoms with Crippen LogP contribution in [0.2, 0.25) is 0 Å². The molecule has 76 valence electrons. The summed E-state index contributed by atoms with van der Waals surface area (Å²) in [6.07, 6.45) is -1.08. The van der Waals surface area contributed by atoms with Crippen LogP contribution in [0.3, 0.4) is 0 Å². The molecule has 0 bridgehead atoms. The molecular weight excluding hydrogens is 176 g/mol. The Morgan fingerprint density at radius 3 is 2.46 bits per heavy atom. The van der Waals surface area contributed by atoms with Crippen molar-refractivity contribution in [1.29, 1.82) is 0 Å². The van der Waals surface area contributed by atoms with E-state index in [9.17, 15) is 9.59 Å². The van der Waals surface area contributed by atoms with Crippen LogP contribution in [-0.4, -0.2) is 40.8 Å². The van der Waals surface area contributed by atoms with Crippen LogP contribution in [0.15, 0.2) is 0 Å². The van der Waals surface area contributed by atoms with Crippen molar-refractivity contribution < 1.29 is 19.8 Å². The Hall–Kier alpha value is -1.14. The van der Waals surface area contributed by atoms with E-state index in [1.807, 2.05) is 0 Å². The predicted octanol–water partition coefficient (Wildman–Crippen LogP) is -1.71. The third-order valence-corrected chi connectivity index (χ3v) is 1.30. The summed E-state index contributed by atoms with van der Waals surface area (Å²) < 4.78 is 0. The molecule has 6 nitrogen and oxygen atoms in total. The van der Waals surface area contributed by atoms with Gasteiger partial charge in [0.1, 0.15) is 0 Å². The molecule has 1 amide bonds. The highest BCUT2D eigenvalue weighted by Gasteiger charge is 2.16. The van der Waals surface area contributed by atoms with Gasteiger partial charge in [-0.2, -0.15) is 0 Å². The number of aliphatic carboxylic acids is 1. The molecule has 0 aromatic carbocycles. The summed E-state index contributed by atoms with van der Waals surface area (Å²) in [6.45, 7) is 1.58. The fourth-order valence-corrected chi connectivity index (χ4v) is 0.660. The van der Waals surface area contributed by atoms with Crippen molar-refractivity contribution in [2.24, 2.45) is 5.73 Å². The fourth-order valence-electron chi connectivity index (χ4n) is 0.660. The van der Waals surface area contributed by atoms with Gasteiger partial charge in [-0.05, 0) is 6.92 Å². The van der Waals surface area contributed by atoms with Crippen molar-refractivity contribution in [2.45, 2.75) is 25.5 Å². The van der Waals surface area contributed by atoms with E-state index in [-0.39, 0.29) is 6.54 Å². The van der Waals surface area contributed by atoms with E-state index in [4.69, 9.17) is 15.9 Å². The second-order valence-corrected chi connectivity index (χ2v) is 2.80. The molecule has 0 fully saturated rings. The third-order valence-electron chi connectivity index (χ3n) is 1.30. The smallest absolute Gasteiger partial charge is 0.305 e. The summed E-state index contributed by atoms with van der Waals surface area (Å²) >= 11 is 0. The van der Waals surface area contributed by atoms with E-state index in [1.165, 1.54) is 6.92 Å². The van der Waals surface area contributed by atoms with Gasteiger partial charge in [0.05, 0.1) is 18.6 Å². The van der Waals surface area contributed by atoms with Gasteiger partial charge in [0, 0.05) is 6.54 Å². The zero-order valence-corrected chi connectivity index (χ0v) is 7.36. The van der Waals surface area contributed by atoms with Gasteiger partial charge < -0.3 is 21.3 Å². The van der Waals surface area contributed by atoms with Crippen molar-refractivity contribution in [3.63, 3.8) is 0 Å². The maximum Gasteiger partial charge on any atom is 0.305 e. The molecule has 0 rings (SSSR count). The highest BCUT2D eigenvalue weighted by atomic mass is 16.4. The first-order valence-corrected chi connectivity index (χ1v) is 3.86. The van der Waals surface area contributed by atoms with Crippen molar-refractivity contribution in [3.8, 4) is 0 Å². The van der Waals surface area contributed by atoms with E-state index in [0.29, 0.717) is 0 Å². The Balaban J connectivity index is 3.76. The number of hydrogen-bond acceptors (Lipinski definition) is 4. The van der Waals surface area contributed by atoms with Crippen LogP contribution in [0.1, 0.15) is 13.3 Å². The Labute approximate surface area is 75.7 Å². The molecule has 0 aromatic rings. The van der Waals surface area contributed by atoms with Crippen molar-refractivity contribution in [3.05, 3.63) is 0 Å². The molecule has 0 heterocycles. The molecule has 0 radical (unpaired) electrons. The molecule has 2 atom stereocenters. The van der Waals surface area contributed by atoms with Crippen LogP contribution in [0, 0.1) is 0 Å². The van der Waals surface area contributed by atoms with E-state index in [0.717, 1.165) is 0 Å². The number of rotatable bonds is 5. The van der Waals surface area contributed by atoms with Gasteiger partial charge in [-0.1, -0.05) is 0 Å². The third kappa shape index (κ3) is 6.06. The maximum absolute atomic E-state index is 11.0. The first kappa shape index (κ1) is 11.9. The normalized spacial score (nSPS) is 14.7. The summed E-state index contributed by atoms with van der Waals surface area (Å²) in [4.78, 5) is 21.1. The number of carboxylic acids is 1. The average Bonchev–Trinajstić information content (AvgIpc) is 1.98. The molecule has 6 heteroatoms. The molecule has 0 aliphatic rings. The van der Waals surface area contributed by atoms with Crippen molar-refractivity contribution in [1.82, 2.24) is 5.32 Å². The van der Waals surface area contributed by atoms with Gasteiger partial charge in [0.25, 0.3) is 0 Å². The summed E-state index contributed by atoms with van der Waals surface area (Å²) in [5.41, 5.74) is 5.23. The Kier molecular flexibility index (Phi) is 5.01. The summed E-state index contributed by atoms with van der Waals surface area (Å²) in [6, 6.07) is -1.06. The van der Waals surface area contributed by atoms with Crippen LogP contribution in [0.25, 0.3) is 0 Å². The molecule has 1 unspecified atom stereocenters. The van der Waals surface area contributed by atoms with Crippen LogP contribution in [0.5, 0.6) is 0 Å². The fraction of sp³-hybridized carbons (Fsp3) is 0.714. The number of amides is 1. The van der Waals surface area contributed by atoms with E-state index in [1.54, 1.807) is 0 Å². The topological polar surface area (TPSA) is 113 Å². The van der Waals surface area contributed by atoms with Crippen LogP contribution < -0.4 is 11.1 Å². The number of carbonyl (C=O) groups excluding carboxylic acids is 1. The monoisotopic (exact) mass is 190 g/mol. The van der Waals surface area contributed by atoms with E-state index < -0.39 is 30.4 Å². The lowest BCUT2D eigenvalue weighted by Crippen LogP contribution is -2.44. The second kappa shape index (κ2) is 5.50. The number of aliphatic hydroxyl groups excluding tert-OH is 1. The number of carboxylic acid groups (broad SMARTS) is 1. The van der Waals surface area contributed by atoms with Gasteiger partial charge in [-0.25, -0.2) is 0 Å². The Morgan fingerprint density at radius 2 is 2.08 bits per heavy atom. The quantitative estimate of drug-likeness (QED) is 0.412. The first-order valence-electron chi connectivity index (χ1n) is 3.86. The summed E-state index contributed by atoms with van der Waals surface area (Å²) in [5, 5.41) is 19.4. The minimum Gasteiger partial charge on any atom is -0.481 e. The predicted molar refractivity (Wildman–Crippen MR) is 44.9 cm³/mol. The number of nitrogens with two attached hydrogens (primary N) is 1. The lowest BCUT2D eigenvalue weighted by molar-refractivity contribution is -0.139. The highest BCUT2D eigenvalue weighted by Crippen LogP contribution is 1.88. The molecule has 0 saturated heterocycles. The number of hydrogen-bond donors (Lipinski definition) is 4. The minimum atomic E-state index is -1.13. The average molecular weight is 190 g/mol. The van der Waals surface area contributed by atoms with E-state index >= 15 is 0 Å². The molecule has 5 N–H and O–H groups in total. The van der Waals surface area contributed by atoms with Gasteiger partial charge >= 0.3 is 5.97 Å². The largest absolute Gasteiger partial charge is 0.481 e. The molecular formula is C7H14N2O4. The first-order chi connectivity index (χ1) is 5.93. The number of carbonyl (C=O) groups is 2. The zero-order valence-electron chi connectivity index (χ0n) is 7.36. The highest BCUT2D eigenvalue weighted by molar-refractivity contribution is 5.85. The van der Waals surface area contributed by atoms with Gasteiger partial charge in [0.15, 0.2) is 0 Å². The minimum absolute atomic E-state index is 0.0755. The Bertz CT molecular complexity index is 193. The van der Waals surface area contributed by atoms with Crippen LogP contribution in [0.4, 0.5) is 0 Å². The molecule has 0 aliphatic heterocycles. The SMILES string of the molecule is C[C@H](O)CNC(=O)C(N)CC(=O)O. The number of nitrogens with one attached hydrogen (secondary N) is 1. The molecule has 0 aromatic heterocycles. The molecule has 0 spiro atoms. The van der Waals surface area contributed by atoms with Gasteiger partial charge in [-0.3, -0.25) is 9.59 Å². The zero-order chi connectivity index (χ0) is 10.4. The standard InChI is InChI=1S/C7H14N2O4/c1-4(10)3-9-7(13)5(8)2-6(11)12/h4-5,10H,2-3,8H2,1H3,(H,9,13)(H,11,12)/t4-,5?/m0/s1. The van der Waals surface area contributed by atoms with Crippen molar-refractivity contribution >= 4 is 11.9 Å². The molecule has 0 aliphatic carbocycles.